The van der Waals surface area contributed by atoms with Crippen LogP contribution < -0.4 is 33.0 Å². The van der Waals surface area contributed by atoms with Crippen LogP contribution in [-0.2, 0) is 17.9 Å². The monoisotopic (exact) mass is 692 g/mol. The average molecular weight is 694 g/mol. The lowest BCUT2D eigenvalue weighted by atomic mass is 10.1. The molecule has 2 aromatic carbocycles. The third-order valence-electron chi connectivity index (χ3n) is 6.13. The van der Waals surface area contributed by atoms with E-state index in [0.717, 1.165) is 6.42 Å². The highest BCUT2D eigenvalue weighted by molar-refractivity contribution is 5.98. The van der Waals surface area contributed by atoms with E-state index in [0.29, 0.717) is 28.1 Å². The molecule has 0 fully saturated rings. The Morgan fingerprint density at radius 1 is 1.07 bits per heavy atom. The van der Waals surface area contributed by atoms with Gasteiger partial charge in [-0.1, -0.05) is 13.0 Å². The number of phenolic OH excluding ortho intramolecular Hbond substituents is 1. The van der Waals surface area contributed by atoms with Gasteiger partial charge in [0, 0.05) is 35.4 Å². The number of nitrogens with two attached hydrogens (primary N) is 2. The average Bonchev–Trinajstić information content (AvgIpc) is 2.88. The van der Waals surface area contributed by atoms with Crippen LogP contribution in [-0.4, -0.2) is 44.4 Å². The number of aromatic nitrogens is 2. The number of rotatable bonds is 11. The molecule has 1 unspecified atom stereocenters. The van der Waals surface area contributed by atoms with E-state index in [2.05, 4.69) is 20.9 Å². The standard InChI is InChI=1S/C28H36N8O4.4ClH/c1-5-16(4)35-27(39)19-9-18(10-20(29)11-19)22-13-33-26(34-15(2)3)28(40)36(22)14-24(38)32-12-17-6-7-21(25(30)31)23(37)8-17;;;;/h6-11,13,15-16,37H,5,12,14,29H2,1-4H3,(H3,30,31)(H,32,38)(H,33,34)(H,35,39);4*1H. The lowest BCUT2D eigenvalue weighted by molar-refractivity contribution is -0.121. The summed E-state index contributed by atoms with van der Waals surface area (Å²) < 4.78 is 1.27. The number of hydrogen-bond acceptors (Lipinski definition) is 8. The van der Waals surface area contributed by atoms with E-state index in [-0.39, 0.29) is 104 Å². The lowest BCUT2D eigenvalue weighted by Crippen LogP contribution is -2.35. The van der Waals surface area contributed by atoms with E-state index in [1.807, 2.05) is 27.7 Å². The molecule has 0 bridgehead atoms. The van der Waals surface area contributed by atoms with Gasteiger partial charge in [0.25, 0.3) is 11.5 Å². The summed E-state index contributed by atoms with van der Waals surface area (Å²) in [5, 5.41) is 26.2. The number of nitrogen functional groups attached to an aromatic ring is 2. The summed E-state index contributed by atoms with van der Waals surface area (Å²) in [6, 6.07) is 9.17. The predicted molar refractivity (Wildman–Crippen MR) is 184 cm³/mol. The molecule has 0 aliphatic heterocycles. The van der Waals surface area contributed by atoms with Crippen molar-refractivity contribution in [2.45, 2.75) is 59.3 Å². The second-order valence-corrected chi connectivity index (χ2v) is 9.85. The fourth-order valence-electron chi connectivity index (χ4n) is 3.90. The van der Waals surface area contributed by atoms with E-state index < -0.39 is 11.5 Å². The second kappa shape index (κ2) is 18.8. The number of aromatic hydroxyl groups is 1. The zero-order valence-electron chi connectivity index (χ0n) is 24.7. The minimum Gasteiger partial charge on any atom is -0.507 e. The largest absolute Gasteiger partial charge is 0.507 e. The smallest absolute Gasteiger partial charge is 0.294 e. The predicted octanol–water partition coefficient (Wildman–Crippen LogP) is 3.83. The van der Waals surface area contributed by atoms with Crippen LogP contribution >= 0.6 is 49.6 Å². The highest BCUT2D eigenvalue weighted by Crippen LogP contribution is 2.24. The SMILES string of the molecule is CCC(C)NC(=O)c1cc(N)cc(-c2cnc(NC(C)C)c(=O)n2CC(=O)NCc2ccc(C(=N)N)c(O)c2)c1.Cl.Cl.Cl.Cl. The molecule has 0 radical (unpaired) electrons. The first kappa shape index (κ1) is 42.4. The van der Waals surface area contributed by atoms with Gasteiger partial charge in [-0.2, -0.15) is 0 Å². The molecule has 1 heterocycles. The summed E-state index contributed by atoms with van der Waals surface area (Å²) in [6.45, 7) is 7.30. The van der Waals surface area contributed by atoms with Gasteiger partial charge in [0.15, 0.2) is 5.82 Å². The van der Waals surface area contributed by atoms with Crippen molar-refractivity contribution in [3.05, 3.63) is 69.6 Å². The van der Waals surface area contributed by atoms with Crippen LogP contribution in [0.1, 0.15) is 55.6 Å². The maximum absolute atomic E-state index is 13.4. The lowest BCUT2D eigenvalue weighted by Gasteiger charge is -2.17. The van der Waals surface area contributed by atoms with Crippen LogP contribution in [0.3, 0.4) is 0 Å². The van der Waals surface area contributed by atoms with E-state index >= 15 is 0 Å². The summed E-state index contributed by atoms with van der Waals surface area (Å²) in [6.07, 6.45) is 2.22. The molecule has 3 rings (SSSR count). The molecule has 0 aliphatic carbocycles. The van der Waals surface area contributed by atoms with Crippen molar-refractivity contribution in [1.82, 2.24) is 20.2 Å². The first-order valence-electron chi connectivity index (χ1n) is 12.9. The van der Waals surface area contributed by atoms with E-state index in [1.165, 1.54) is 22.9 Å². The minimum atomic E-state index is -0.516. The van der Waals surface area contributed by atoms with Gasteiger partial charge < -0.3 is 32.5 Å². The van der Waals surface area contributed by atoms with Crippen molar-refractivity contribution in [3.63, 3.8) is 0 Å². The first-order valence-corrected chi connectivity index (χ1v) is 12.9. The normalized spacial score (nSPS) is 10.6. The summed E-state index contributed by atoms with van der Waals surface area (Å²) in [5.41, 5.74) is 13.2. The Bertz CT molecular complexity index is 1500. The number of hydrogen-bond donors (Lipinski definition) is 7. The molecule has 16 heteroatoms. The summed E-state index contributed by atoms with van der Waals surface area (Å²) in [4.78, 5) is 43.5. The Kier molecular flexibility index (Phi) is 18.2. The van der Waals surface area contributed by atoms with Crippen LogP contribution in [0.2, 0.25) is 0 Å². The van der Waals surface area contributed by atoms with E-state index in [4.69, 9.17) is 16.9 Å². The molecule has 244 valence electrons. The van der Waals surface area contributed by atoms with Crippen LogP contribution in [0.5, 0.6) is 5.75 Å². The molecule has 3 aromatic rings. The number of amidine groups is 1. The molecule has 1 aromatic heterocycles. The second-order valence-electron chi connectivity index (χ2n) is 9.85. The number of carbonyl (C=O) groups is 2. The third-order valence-corrected chi connectivity index (χ3v) is 6.13. The number of anilines is 2. The number of phenols is 1. The number of nitrogens with one attached hydrogen (secondary N) is 4. The molecule has 9 N–H and O–H groups in total. The third kappa shape index (κ3) is 11.1. The Labute approximate surface area is 280 Å². The molecule has 12 nitrogen and oxygen atoms in total. The van der Waals surface area contributed by atoms with Gasteiger partial charge in [-0.25, -0.2) is 4.98 Å². The quantitative estimate of drug-likeness (QED) is 0.0892. The Morgan fingerprint density at radius 2 is 1.73 bits per heavy atom. The van der Waals surface area contributed by atoms with Crippen molar-refractivity contribution in [2.24, 2.45) is 5.73 Å². The van der Waals surface area contributed by atoms with Crippen molar-refractivity contribution in [1.29, 1.82) is 5.41 Å². The summed E-state index contributed by atoms with van der Waals surface area (Å²) >= 11 is 0. The molecular weight excluding hydrogens is 654 g/mol. The maximum Gasteiger partial charge on any atom is 0.294 e. The van der Waals surface area contributed by atoms with Gasteiger partial charge >= 0.3 is 0 Å². The maximum atomic E-state index is 13.4. The molecule has 0 saturated heterocycles. The zero-order chi connectivity index (χ0) is 29.6. The van der Waals surface area contributed by atoms with Crippen LogP contribution in [0.4, 0.5) is 11.5 Å². The molecule has 0 spiro atoms. The number of halogens is 4. The number of benzene rings is 2. The van der Waals surface area contributed by atoms with Gasteiger partial charge in [-0.15, -0.1) is 49.6 Å². The molecule has 2 amide bonds. The summed E-state index contributed by atoms with van der Waals surface area (Å²) in [5.74, 6) is -1.15. The topological polar surface area (TPSA) is 201 Å². The number of nitrogens with zero attached hydrogens (tertiary/aromatic N) is 2. The number of amides is 2. The Morgan fingerprint density at radius 3 is 2.30 bits per heavy atom. The van der Waals surface area contributed by atoms with Crippen molar-refractivity contribution >= 4 is 78.8 Å². The van der Waals surface area contributed by atoms with Crippen molar-refractivity contribution < 1.29 is 14.7 Å². The zero-order valence-corrected chi connectivity index (χ0v) is 27.9. The molecular formula is C28H40Cl4N8O4. The van der Waals surface area contributed by atoms with Crippen molar-refractivity contribution in [3.8, 4) is 17.0 Å². The summed E-state index contributed by atoms with van der Waals surface area (Å²) in [7, 11) is 0. The van der Waals surface area contributed by atoms with Gasteiger partial charge in [-0.3, -0.25) is 24.4 Å². The number of carbonyl (C=O) groups excluding carboxylic acids is 2. The minimum absolute atomic E-state index is 0. The molecule has 0 saturated carbocycles. The van der Waals surface area contributed by atoms with Gasteiger partial charge in [0.1, 0.15) is 18.1 Å². The highest BCUT2D eigenvalue weighted by Gasteiger charge is 2.18. The molecule has 0 aliphatic rings. The van der Waals surface area contributed by atoms with Crippen LogP contribution in [0.15, 0.2) is 47.4 Å². The van der Waals surface area contributed by atoms with Crippen LogP contribution in [0.25, 0.3) is 11.3 Å². The van der Waals surface area contributed by atoms with E-state index in [9.17, 15) is 19.5 Å². The van der Waals surface area contributed by atoms with Gasteiger partial charge in [-0.05, 0) is 63.1 Å². The van der Waals surface area contributed by atoms with Crippen molar-refractivity contribution in [2.75, 3.05) is 11.1 Å². The Balaban J connectivity index is 0. The first-order chi connectivity index (χ1) is 18.9. The van der Waals surface area contributed by atoms with Gasteiger partial charge in [0.2, 0.25) is 5.91 Å². The Hall–Kier alpha value is -3.71. The highest BCUT2D eigenvalue weighted by atomic mass is 35.5. The van der Waals surface area contributed by atoms with Gasteiger partial charge in [0.05, 0.1) is 17.5 Å². The van der Waals surface area contributed by atoms with E-state index in [1.54, 1.807) is 24.3 Å². The molecule has 1 atom stereocenters. The van der Waals surface area contributed by atoms with Crippen LogP contribution in [0, 0.1) is 5.41 Å². The molecule has 44 heavy (non-hydrogen) atoms. The fraction of sp³-hybridized carbons (Fsp3) is 0.321. The fourth-order valence-corrected chi connectivity index (χ4v) is 3.90.